The van der Waals surface area contributed by atoms with E-state index in [0.717, 1.165) is 33.4 Å². The average Bonchev–Trinajstić information content (AvgIpc) is 3.31. The third-order valence-corrected chi connectivity index (χ3v) is 5.61. The molecule has 0 spiro atoms. The lowest BCUT2D eigenvalue weighted by Crippen LogP contribution is -2.21. The normalized spacial score (nSPS) is 19.0. The van der Waals surface area contributed by atoms with Gasteiger partial charge in [0.1, 0.15) is 11.8 Å². The zero-order valence-corrected chi connectivity index (χ0v) is 15.8. The van der Waals surface area contributed by atoms with E-state index >= 15 is 0 Å². The Balaban J connectivity index is 1.53. The van der Waals surface area contributed by atoms with Gasteiger partial charge in [-0.25, -0.2) is 0 Å². The predicted octanol–water partition coefficient (Wildman–Crippen LogP) is 5.16. The first-order valence-corrected chi connectivity index (χ1v) is 9.68. The first-order valence-electron chi connectivity index (χ1n) is 8.61. The quantitative estimate of drug-likeness (QED) is 0.406. The molecule has 27 heavy (non-hydrogen) atoms. The molecule has 2 aromatic rings. The number of benzene rings is 2. The smallest absolute Gasteiger partial charge is 0.325 e. The van der Waals surface area contributed by atoms with Crippen LogP contribution in [0.15, 0.2) is 48.6 Å². The Kier molecular flexibility index (Phi) is 4.90. The van der Waals surface area contributed by atoms with E-state index in [-0.39, 0.29) is 0 Å². The number of esters is 2. The fourth-order valence-corrected chi connectivity index (χ4v) is 4.14. The molecule has 2 aliphatic carbocycles. The predicted molar refractivity (Wildman–Crippen MR) is 107 cm³/mol. The van der Waals surface area contributed by atoms with Gasteiger partial charge in [-0.1, -0.05) is 60.7 Å². The zero-order valence-electron chi connectivity index (χ0n) is 14.3. The molecule has 2 aromatic carbocycles. The van der Waals surface area contributed by atoms with Gasteiger partial charge in [-0.3, -0.25) is 9.59 Å². The molecule has 0 heterocycles. The number of carbonyl (C=O) groups excluding carboxylic acids is 2. The Morgan fingerprint density at radius 2 is 1.22 bits per heavy atom. The van der Waals surface area contributed by atoms with Crippen molar-refractivity contribution in [2.75, 3.05) is 0 Å². The number of alkyl halides is 2. The molecule has 0 bridgehead atoms. The summed E-state index contributed by atoms with van der Waals surface area (Å²) in [6.07, 6.45) is 7.22. The van der Waals surface area contributed by atoms with Crippen LogP contribution in [0.4, 0.5) is 0 Å². The summed E-state index contributed by atoms with van der Waals surface area (Å²) in [5, 5.41) is 0. The van der Waals surface area contributed by atoms with Gasteiger partial charge in [-0.05, 0) is 33.4 Å². The van der Waals surface area contributed by atoms with Crippen LogP contribution >= 0.6 is 23.2 Å². The van der Waals surface area contributed by atoms with Crippen molar-refractivity contribution in [2.24, 2.45) is 0 Å². The Morgan fingerprint density at radius 1 is 0.778 bits per heavy atom. The second-order valence-electron chi connectivity index (χ2n) is 6.52. The number of carbonyl (C=O) groups is 2. The summed E-state index contributed by atoms with van der Waals surface area (Å²) in [5.41, 5.74) is 5.40. The zero-order chi connectivity index (χ0) is 19.0. The average molecular weight is 399 g/mol. The van der Waals surface area contributed by atoms with Crippen LogP contribution in [0.5, 0.6) is 0 Å². The van der Waals surface area contributed by atoms with Crippen molar-refractivity contribution in [3.63, 3.8) is 0 Å². The van der Waals surface area contributed by atoms with E-state index in [9.17, 15) is 9.59 Å². The Morgan fingerprint density at radius 3 is 1.63 bits per heavy atom. The van der Waals surface area contributed by atoms with Gasteiger partial charge in [-0.15, -0.1) is 23.2 Å². The summed E-state index contributed by atoms with van der Waals surface area (Å²) in [6.45, 7) is 0. The van der Waals surface area contributed by atoms with E-state index in [0.29, 0.717) is 11.8 Å². The molecule has 0 saturated heterocycles. The molecule has 5 heteroatoms. The van der Waals surface area contributed by atoms with Crippen molar-refractivity contribution in [3.8, 4) is 0 Å². The highest BCUT2D eigenvalue weighted by Crippen LogP contribution is 2.36. The van der Waals surface area contributed by atoms with Crippen molar-refractivity contribution in [2.45, 2.75) is 23.6 Å². The summed E-state index contributed by atoms with van der Waals surface area (Å²) in [7, 11) is 0. The first kappa shape index (κ1) is 18.0. The van der Waals surface area contributed by atoms with Gasteiger partial charge in [0.05, 0.1) is 0 Å². The third-order valence-electron chi connectivity index (χ3n) is 5.04. The Bertz CT molecular complexity index is 912. The van der Waals surface area contributed by atoms with Crippen molar-refractivity contribution >= 4 is 47.3 Å². The minimum absolute atomic E-state index is 0.362. The largest absolute Gasteiger partial charge is 0.392 e. The number of ether oxygens (including phenoxy) is 1. The molecule has 2 aliphatic rings. The summed E-state index contributed by atoms with van der Waals surface area (Å²) < 4.78 is 5.23. The molecule has 0 saturated carbocycles. The summed E-state index contributed by atoms with van der Waals surface area (Å²) in [4.78, 5) is 25.3. The number of hydrogen-bond acceptors (Lipinski definition) is 3. The fourth-order valence-electron chi connectivity index (χ4n) is 3.68. The second kappa shape index (κ2) is 7.34. The van der Waals surface area contributed by atoms with E-state index in [4.69, 9.17) is 27.9 Å². The second-order valence-corrected chi connectivity index (χ2v) is 7.06. The van der Waals surface area contributed by atoms with Gasteiger partial charge >= 0.3 is 11.9 Å². The van der Waals surface area contributed by atoms with E-state index in [1.165, 1.54) is 0 Å². The maximum atomic E-state index is 12.6. The standard InChI is InChI=1S/C22H16Cl2O3/c23-11-13-3-1-5-17-15(13)7-9-19(17)21(25)27-22(26)20-10-8-16-14(12-24)4-2-6-18(16)20/h1-10,19-20H,11-12H2. The SMILES string of the molecule is O=C(OC(=O)C1C=Cc2c(CCl)cccc21)C1C=Cc2c(CCl)cccc21. The van der Waals surface area contributed by atoms with Crippen LogP contribution in [0.1, 0.15) is 45.2 Å². The number of rotatable bonds is 4. The fraction of sp³-hybridized carbons (Fsp3) is 0.182. The molecule has 136 valence electrons. The van der Waals surface area contributed by atoms with Gasteiger partial charge in [0.2, 0.25) is 0 Å². The van der Waals surface area contributed by atoms with Gasteiger partial charge < -0.3 is 4.74 Å². The maximum Gasteiger partial charge on any atom is 0.325 e. The lowest BCUT2D eigenvalue weighted by molar-refractivity contribution is -0.160. The highest BCUT2D eigenvalue weighted by atomic mass is 35.5. The van der Waals surface area contributed by atoms with Crippen LogP contribution in [-0.2, 0) is 26.1 Å². The van der Waals surface area contributed by atoms with Gasteiger partial charge in [-0.2, -0.15) is 0 Å². The Labute approximate surface area is 167 Å². The molecule has 0 fully saturated rings. The highest BCUT2D eigenvalue weighted by Gasteiger charge is 2.33. The maximum absolute atomic E-state index is 12.6. The molecule has 2 unspecified atom stereocenters. The third kappa shape index (κ3) is 3.11. The highest BCUT2D eigenvalue weighted by molar-refractivity contribution is 6.17. The molecular weight excluding hydrogens is 383 g/mol. The van der Waals surface area contributed by atoms with Crippen LogP contribution in [0, 0.1) is 0 Å². The summed E-state index contributed by atoms with van der Waals surface area (Å²) >= 11 is 11.9. The number of halogens is 2. The lowest BCUT2D eigenvalue weighted by atomic mass is 9.97. The number of hydrogen-bond donors (Lipinski definition) is 0. The molecule has 0 radical (unpaired) electrons. The molecule has 3 nitrogen and oxygen atoms in total. The Hall–Kier alpha value is -2.36. The van der Waals surface area contributed by atoms with Gasteiger partial charge in [0.25, 0.3) is 0 Å². The van der Waals surface area contributed by atoms with Crippen LogP contribution in [-0.4, -0.2) is 11.9 Å². The summed E-state index contributed by atoms with van der Waals surface area (Å²) in [5.74, 6) is -1.60. The lowest BCUT2D eigenvalue weighted by Gasteiger charge is -2.14. The van der Waals surface area contributed by atoms with Crippen LogP contribution < -0.4 is 0 Å². The van der Waals surface area contributed by atoms with Crippen LogP contribution in [0.2, 0.25) is 0 Å². The minimum atomic E-state index is -0.592. The molecule has 0 aliphatic heterocycles. The number of fused-ring (bicyclic) bond motifs is 2. The molecule has 0 amide bonds. The molecule has 0 N–H and O–H groups in total. The molecule has 0 aromatic heterocycles. The van der Waals surface area contributed by atoms with Crippen molar-refractivity contribution in [1.82, 2.24) is 0 Å². The topological polar surface area (TPSA) is 43.4 Å². The van der Waals surface area contributed by atoms with Crippen LogP contribution in [0.25, 0.3) is 12.2 Å². The van der Waals surface area contributed by atoms with Crippen molar-refractivity contribution < 1.29 is 14.3 Å². The van der Waals surface area contributed by atoms with Gasteiger partial charge in [0.15, 0.2) is 0 Å². The van der Waals surface area contributed by atoms with Crippen molar-refractivity contribution in [3.05, 3.63) is 81.9 Å². The minimum Gasteiger partial charge on any atom is -0.392 e. The monoisotopic (exact) mass is 398 g/mol. The molecule has 4 rings (SSSR count). The van der Waals surface area contributed by atoms with E-state index in [1.807, 2.05) is 48.6 Å². The summed E-state index contributed by atoms with van der Waals surface area (Å²) in [6, 6.07) is 11.3. The van der Waals surface area contributed by atoms with Crippen molar-refractivity contribution in [1.29, 1.82) is 0 Å². The van der Waals surface area contributed by atoms with E-state index < -0.39 is 23.8 Å². The van der Waals surface area contributed by atoms with Crippen LogP contribution in [0.3, 0.4) is 0 Å². The van der Waals surface area contributed by atoms with E-state index in [2.05, 4.69) is 0 Å². The van der Waals surface area contributed by atoms with E-state index in [1.54, 1.807) is 12.2 Å². The molecule has 2 atom stereocenters. The van der Waals surface area contributed by atoms with Gasteiger partial charge in [0, 0.05) is 11.8 Å². The molecular formula is C22H16Cl2O3. The first-order chi connectivity index (χ1) is 13.1.